The molecular formula is C17H18N2O2S2. The summed E-state index contributed by atoms with van der Waals surface area (Å²) in [4.78, 5) is 16.4. The van der Waals surface area contributed by atoms with Crippen LogP contribution in [-0.2, 0) is 11.2 Å². The number of aliphatic hydroxyl groups is 1. The van der Waals surface area contributed by atoms with Crippen LogP contribution >= 0.6 is 22.7 Å². The van der Waals surface area contributed by atoms with Gasteiger partial charge in [-0.2, -0.15) is 11.3 Å². The van der Waals surface area contributed by atoms with Crippen LogP contribution in [0.3, 0.4) is 0 Å². The molecule has 0 bridgehead atoms. The van der Waals surface area contributed by atoms with Crippen molar-refractivity contribution < 1.29 is 9.90 Å². The van der Waals surface area contributed by atoms with E-state index < -0.39 is 6.10 Å². The Kier molecular flexibility index (Phi) is 5.38. The highest BCUT2D eigenvalue weighted by molar-refractivity contribution is 7.18. The first-order valence-corrected chi connectivity index (χ1v) is 9.29. The molecule has 2 N–H and O–H groups in total. The molecule has 1 atom stereocenters. The van der Waals surface area contributed by atoms with Gasteiger partial charge in [0.05, 0.1) is 21.3 Å². The third-order valence-electron chi connectivity index (χ3n) is 3.55. The molecule has 0 aliphatic carbocycles. The number of thiazole rings is 1. The summed E-state index contributed by atoms with van der Waals surface area (Å²) in [5.41, 5.74) is 1.88. The van der Waals surface area contributed by atoms with Crippen molar-refractivity contribution in [1.29, 1.82) is 0 Å². The number of nitrogens with zero attached hydrogens (tertiary/aromatic N) is 1. The molecule has 0 spiro atoms. The van der Waals surface area contributed by atoms with Gasteiger partial charge in [0.1, 0.15) is 0 Å². The summed E-state index contributed by atoms with van der Waals surface area (Å²) < 4.78 is 1.19. The molecular weight excluding hydrogens is 328 g/mol. The van der Waals surface area contributed by atoms with E-state index in [1.54, 1.807) is 11.3 Å². The molecule has 6 heteroatoms. The molecule has 1 amide bonds. The number of carbonyl (C=O) groups is 1. The second-order valence-electron chi connectivity index (χ2n) is 5.31. The largest absolute Gasteiger partial charge is 0.387 e. The first-order chi connectivity index (χ1) is 11.2. The smallest absolute Gasteiger partial charge is 0.220 e. The number of fused-ring (bicyclic) bond motifs is 1. The zero-order valence-corrected chi connectivity index (χ0v) is 14.2. The molecule has 1 aromatic carbocycles. The van der Waals surface area contributed by atoms with E-state index >= 15 is 0 Å². The van der Waals surface area contributed by atoms with Crippen LogP contribution in [0.5, 0.6) is 0 Å². The Morgan fingerprint density at radius 3 is 2.96 bits per heavy atom. The highest BCUT2D eigenvalue weighted by Crippen LogP contribution is 2.22. The molecule has 23 heavy (non-hydrogen) atoms. The van der Waals surface area contributed by atoms with E-state index in [9.17, 15) is 9.90 Å². The Labute approximate surface area is 142 Å². The van der Waals surface area contributed by atoms with Gasteiger partial charge in [-0.15, -0.1) is 11.3 Å². The monoisotopic (exact) mass is 346 g/mol. The van der Waals surface area contributed by atoms with E-state index in [4.69, 9.17) is 0 Å². The Balaban J connectivity index is 1.40. The molecule has 0 aliphatic rings. The Hall–Kier alpha value is -1.76. The number of nitrogens with one attached hydrogen (secondary N) is 1. The van der Waals surface area contributed by atoms with Crippen LogP contribution in [0, 0.1) is 0 Å². The van der Waals surface area contributed by atoms with Crippen molar-refractivity contribution in [3.05, 3.63) is 51.7 Å². The summed E-state index contributed by atoms with van der Waals surface area (Å²) in [7, 11) is 0. The summed E-state index contributed by atoms with van der Waals surface area (Å²) in [6.07, 6.45) is 1.39. The summed E-state index contributed by atoms with van der Waals surface area (Å²) in [6, 6.07) is 9.94. The van der Waals surface area contributed by atoms with E-state index in [1.165, 1.54) is 16.0 Å². The van der Waals surface area contributed by atoms with Crippen LogP contribution in [0.25, 0.3) is 10.2 Å². The Morgan fingerprint density at radius 2 is 2.17 bits per heavy atom. The summed E-state index contributed by atoms with van der Waals surface area (Å²) in [5, 5.41) is 17.6. The van der Waals surface area contributed by atoms with Crippen molar-refractivity contribution in [2.75, 3.05) is 6.54 Å². The van der Waals surface area contributed by atoms with Crippen molar-refractivity contribution in [3.63, 3.8) is 0 Å². The maximum absolute atomic E-state index is 11.8. The van der Waals surface area contributed by atoms with E-state index in [0.717, 1.165) is 28.9 Å². The summed E-state index contributed by atoms with van der Waals surface area (Å²) in [5.74, 6) is -0.0274. The molecule has 0 fully saturated rings. The molecule has 1 unspecified atom stereocenters. The lowest BCUT2D eigenvalue weighted by molar-refractivity contribution is -0.121. The van der Waals surface area contributed by atoms with Gasteiger partial charge in [-0.05, 0) is 47.4 Å². The second kappa shape index (κ2) is 7.68. The van der Waals surface area contributed by atoms with Crippen LogP contribution in [0.15, 0.2) is 41.1 Å². The van der Waals surface area contributed by atoms with Gasteiger partial charge in [-0.3, -0.25) is 4.79 Å². The standard InChI is InChI=1S/C17H18N2O2S2/c20-14(12-8-9-22-11-12)10-18-16(21)6-3-7-17-19-13-4-1-2-5-15(13)23-17/h1-2,4-5,8-9,11,14,20H,3,6-7,10H2,(H,18,21). The van der Waals surface area contributed by atoms with E-state index in [0.29, 0.717) is 6.42 Å². The number of aromatic nitrogens is 1. The highest BCUT2D eigenvalue weighted by Gasteiger charge is 2.10. The number of rotatable bonds is 7. The van der Waals surface area contributed by atoms with Crippen molar-refractivity contribution >= 4 is 38.8 Å². The molecule has 3 aromatic rings. The quantitative estimate of drug-likeness (QED) is 0.688. The topological polar surface area (TPSA) is 62.2 Å². The average Bonchev–Trinajstić information content (AvgIpc) is 3.21. The first-order valence-electron chi connectivity index (χ1n) is 7.53. The third-order valence-corrected chi connectivity index (χ3v) is 5.35. The number of aryl methyl sites for hydroxylation is 1. The maximum Gasteiger partial charge on any atom is 0.220 e. The van der Waals surface area contributed by atoms with Gasteiger partial charge in [0.15, 0.2) is 0 Å². The van der Waals surface area contributed by atoms with Gasteiger partial charge in [-0.1, -0.05) is 12.1 Å². The van der Waals surface area contributed by atoms with Gasteiger partial charge in [0.25, 0.3) is 0 Å². The number of hydrogen-bond donors (Lipinski definition) is 2. The van der Waals surface area contributed by atoms with Crippen LogP contribution in [-0.4, -0.2) is 22.5 Å². The lowest BCUT2D eigenvalue weighted by Gasteiger charge is -2.10. The fourth-order valence-corrected chi connectivity index (χ4v) is 4.02. The number of amides is 1. The van der Waals surface area contributed by atoms with E-state index in [1.807, 2.05) is 35.0 Å². The Morgan fingerprint density at radius 1 is 1.30 bits per heavy atom. The van der Waals surface area contributed by atoms with Gasteiger partial charge < -0.3 is 10.4 Å². The van der Waals surface area contributed by atoms with E-state index in [-0.39, 0.29) is 12.5 Å². The molecule has 0 radical (unpaired) electrons. The van der Waals surface area contributed by atoms with Gasteiger partial charge >= 0.3 is 0 Å². The molecule has 2 heterocycles. The molecule has 2 aromatic heterocycles. The van der Waals surface area contributed by atoms with Crippen LogP contribution in [0.2, 0.25) is 0 Å². The number of carbonyl (C=O) groups excluding carboxylic acids is 1. The number of hydrogen-bond acceptors (Lipinski definition) is 5. The number of para-hydroxylation sites is 1. The lowest BCUT2D eigenvalue weighted by atomic mass is 10.2. The van der Waals surface area contributed by atoms with Gasteiger partial charge in [0.2, 0.25) is 5.91 Å². The first kappa shape index (κ1) is 16.1. The zero-order valence-electron chi connectivity index (χ0n) is 12.6. The molecule has 0 saturated heterocycles. The predicted octanol–water partition coefficient (Wildman–Crippen LogP) is 3.53. The third kappa shape index (κ3) is 4.37. The average molecular weight is 346 g/mol. The highest BCUT2D eigenvalue weighted by atomic mass is 32.1. The fraction of sp³-hybridized carbons (Fsp3) is 0.294. The molecule has 120 valence electrons. The lowest BCUT2D eigenvalue weighted by Crippen LogP contribution is -2.28. The van der Waals surface area contributed by atoms with Crippen LogP contribution < -0.4 is 5.32 Å². The number of thiophene rings is 1. The second-order valence-corrected chi connectivity index (χ2v) is 7.20. The Bertz CT molecular complexity index is 735. The van der Waals surface area contributed by atoms with Crippen LogP contribution in [0.1, 0.15) is 29.5 Å². The minimum Gasteiger partial charge on any atom is -0.387 e. The van der Waals surface area contributed by atoms with E-state index in [2.05, 4.69) is 16.4 Å². The van der Waals surface area contributed by atoms with Gasteiger partial charge in [-0.25, -0.2) is 4.98 Å². The van der Waals surface area contributed by atoms with Crippen LogP contribution in [0.4, 0.5) is 0 Å². The number of benzene rings is 1. The van der Waals surface area contributed by atoms with Crippen molar-refractivity contribution in [2.24, 2.45) is 0 Å². The zero-order chi connectivity index (χ0) is 16.1. The maximum atomic E-state index is 11.8. The fourth-order valence-electron chi connectivity index (χ4n) is 2.31. The van der Waals surface area contributed by atoms with Crippen molar-refractivity contribution in [2.45, 2.75) is 25.4 Å². The molecule has 0 aliphatic heterocycles. The number of aliphatic hydroxyl groups excluding tert-OH is 1. The predicted molar refractivity (Wildman–Crippen MR) is 94.8 cm³/mol. The molecule has 4 nitrogen and oxygen atoms in total. The van der Waals surface area contributed by atoms with Crippen molar-refractivity contribution in [1.82, 2.24) is 10.3 Å². The minimum atomic E-state index is -0.630. The SMILES string of the molecule is O=C(CCCc1nc2ccccc2s1)NCC(O)c1ccsc1. The summed E-state index contributed by atoms with van der Waals surface area (Å²) >= 11 is 3.22. The minimum absolute atomic E-state index is 0.0274. The van der Waals surface area contributed by atoms with Gasteiger partial charge in [0, 0.05) is 13.0 Å². The molecule has 0 saturated carbocycles. The summed E-state index contributed by atoms with van der Waals surface area (Å²) in [6.45, 7) is 0.261. The molecule has 3 rings (SSSR count). The van der Waals surface area contributed by atoms with Crippen molar-refractivity contribution in [3.8, 4) is 0 Å². The normalized spacial score (nSPS) is 12.4.